The van der Waals surface area contributed by atoms with Crippen molar-refractivity contribution in [3.63, 3.8) is 0 Å². The van der Waals surface area contributed by atoms with E-state index in [0.717, 1.165) is 12.2 Å². The molecule has 1 atom stereocenters. The highest BCUT2D eigenvalue weighted by Crippen LogP contribution is 2.12. The van der Waals surface area contributed by atoms with Crippen LogP contribution in [0.4, 0.5) is 0 Å². The smallest absolute Gasteiger partial charge is 0.122 e. The Kier molecular flexibility index (Phi) is 3.25. The summed E-state index contributed by atoms with van der Waals surface area (Å²) in [4.78, 5) is 4.08. The summed E-state index contributed by atoms with van der Waals surface area (Å²) in [6.45, 7) is 2.59. The molecule has 4 heteroatoms. The minimum Gasteiger partial charge on any atom is -0.394 e. The summed E-state index contributed by atoms with van der Waals surface area (Å²) in [7, 11) is 0. The van der Waals surface area contributed by atoms with E-state index in [1.807, 2.05) is 17.7 Å². The van der Waals surface area contributed by atoms with Crippen LogP contribution in [-0.2, 0) is 6.54 Å². The Bertz CT molecular complexity index is 230. The third-order valence-electron chi connectivity index (χ3n) is 2.01. The monoisotopic (exact) mass is 169 g/mol. The van der Waals surface area contributed by atoms with Crippen LogP contribution in [0, 0.1) is 0 Å². The fourth-order valence-electron chi connectivity index (χ4n) is 1.25. The second-order valence-corrected chi connectivity index (χ2v) is 2.70. The van der Waals surface area contributed by atoms with Crippen LogP contribution in [0.5, 0.6) is 0 Å². The van der Waals surface area contributed by atoms with Gasteiger partial charge in [-0.2, -0.15) is 0 Å². The van der Waals surface area contributed by atoms with E-state index >= 15 is 0 Å². The van der Waals surface area contributed by atoms with E-state index in [9.17, 15) is 0 Å². The van der Waals surface area contributed by atoms with Gasteiger partial charge < -0.3 is 15.4 Å². The summed E-state index contributed by atoms with van der Waals surface area (Å²) >= 11 is 0. The summed E-state index contributed by atoms with van der Waals surface area (Å²) in [5, 5.41) is 9.03. The summed E-state index contributed by atoms with van der Waals surface area (Å²) in [6.07, 6.45) is 4.45. The molecule has 0 aromatic carbocycles. The summed E-state index contributed by atoms with van der Waals surface area (Å²) < 4.78 is 1.93. The van der Waals surface area contributed by atoms with Gasteiger partial charge in [0.15, 0.2) is 0 Å². The lowest BCUT2D eigenvalue weighted by molar-refractivity contribution is 0.222. The van der Waals surface area contributed by atoms with Gasteiger partial charge in [-0.25, -0.2) is 4.98 Å². The quantitative estimate of drug-likeness (QED) is 0.680. The van der Waals surface area contributed by atoms with E-state index in [4.69, 9.17) is 10.8 Å². The van der Waals surface area contributed by atoms with Crippen LogP contribution in [-0.4, -0.2) is 21.3 Å². The number of imidazole rings is 1. The largest absolute Gasteiger partial charge is 0.394 e. The summed E-state index contributed by atoms with van der Waals surface area (Å²) in [6, 6.07) is 0.117. The highest BCUT2D eigenvalue weighted by atomic mass is 16.3. The maximum absolute atomic E-state index is 9.03. The molecular formula is C8H15N3O. The number of aliphatic hydroxyl groups is 1. The molecule has 0 saturated carbocycles. The average molecular weight is 169 g/mol. The van der Waals surface area contributed by atoms with Gasteiger partial charge in [0.2, 0.25) is 0 Å². The number of aromatic nitrogens is 2. The lowest BCUT2D eigenvalue weighted by atomic mass is 10.2. The molecule has 1 unspecified atom stereocenters. The first-order valence-corrected chi connectivity index (χ1v) is 4.16. The second-order valence-electron chi connectivity index (χ2n) is 2.70. The van der Waals surface area contributed by atoms with Crippen molar-refractivity contribution in [2.45, 2.75) is 25.9 Å². The van der Waals surface area contributed by atoms with Crippen LogP contribution < -0.4 is 5.73 Å². The summed E-state index contributed by atoms with van der Waals surface area (Å²) in [5.74, 6) is 0.830. The van der Waals surface area contributed by atoms with Crippen molar-refractivity contribution in [2.75, 3.05) is 6.61 Å². The zero-order chi connectivity index (χ0) is 8.97. The van der Waals surface area contributed by atoms with Gasteiger partial charge in [-0.15, -0.1) is 0 Å². The number of nitrogens with zero attached hydrogens (tertiary/aromatic N) is 2. The van der Waals surface area contributed by atoms with Crippen LogP contribution in [0.15, 0.2) is 12.4 Å². The van der Waals surface area contributed by atoms with Crippen molar-refractivity contribution in [2.24, 2.45) is 5.73 Å². The molecule has 4 nitrogen and oxygen atoms in total. The molecule has 0 radical (unpaired) electrons. The predicted octanol–water partition coefficient (Wildman–Crippen LogP) is 0.285. The molecule has 0 amide bonds. The van der Waals surface area contributed by atoms with Crippen LogP contribution in [0.25, 0.3) is 0 Å². The Morgan fingerprint density at radius 2 is 2.50 bits per heavy atom. The topological polar surface area (TPSA) is 64.1 Å². The van der Waals surface area contributed by atoms with Gasteiger partial charge in [0.1, 0.15) is 5.82 Å². The van der Waals surface area contributed by atoms with Gasteiger partial charge in [0.25, 0.3) is 0 Å². The van der Waals surface area contributed by atoms with Gasteiger partial charge in [0, 0.05) is 12.4 Å². The fourth-order valence-corrected chi connectivity index (χ4v) is 1.25. The van der Waals surface area contributed by atoms with Crippen LogP contribution in [0.2, 0.25) is 0 Å². The molecule has 1 rings (SSSR count). The lowest BCUT2D eigenvalue weighted by Gasteiger charge is -2.15. The van der Waals surface area contributed by atoms with Crippen LogP contribution >= 0.6 is 0 Å². The van der Waals surface area contributed by atoms with E-state index in [1.165, 1.54) is 0 Å². The number of rotatable bonds is 4. The van der Waals surface area contributed by atoms with Crippen molar-refractivity contribution in [1.29, 1.82) is 0 Å². The molecule has 0 saturated heterocycles. The van der Waals surface area contributed by atoms with E-state index < -0.39 is 0 Å². The molecule has 0 aliphatic rings. The molecule has 3 N–H and O–H groups in total. The predicted molar refractivity (Wildman–Crippen MR) is 46.5 cm³/mol. The minimum absolute atomic E-state index is 0.117. The van der Waals surface area contributed by atoms with Gasteiger partial charge in [-0.1, -0.05) is 6.92 Å². The Hall–Kier alpha value is -0.870. The first kappa shape index (κ1) is 9.22. The third-order valence-corrected chi connectivity index (χ3v) is 2.01. The Morgan fingerprint density at radius 1 is 1.75 bits per heavy atom. The van der Waals surface area contributed by atoms with Gasteiger partial charge in [-0.05, 0) is 6.42 Å². The summed E-state index contributed by atoms with van der Waals surface area (Å²) in [5.41, 5.74) is 5.48. The second kappa shape index (κ2) is 4.23. The first-order valence-electron chi connectivity index (χ1n) is 4.16. The Balaban J connectivity index is 2.83. The molecule has 1 aromatic heterocycles. The normalized spacial score (nSPS) is 13.2. The van der Waals surface area contributed by atoms with Crippen molar-refractivity contribution in [1.82, 2.24) is 9.55 Å². The molecule has 68 valence electrons. The highest BCUT2D eigenvalue weighted by molar-refractivity contribution is 4.94. The molecule has 0 aliphatic heterocycles. The Morgan fingerprint density at radius 3 is 3.00 bits per heavy atom. The average Bonchev–Trinajstić information content (AvgIpc) is 2.55. The van der Waals surface area contributed by atoms with Crippen molar-refractivity contribution < 1.29 is 5.11 Å². The van der Waals surface area contributed by atoms with Crippen molar-refractivity contribution in [3.05, 3.63) is 18.2 Å². The van der Waals surface area contributed by atoms with E-state index in [1.54, 1.807) is 6.20 Å². The van der Waals surface area contributed by atoms with Gasteiger partial charge in [-0.3, -0.25) is 0 Å². The van der Waals surface area contributed by atoms with E-state index in [-0.39, 0.29) is 12.6 Å². The van der Waals surface area contributed by atoms with Crippen molar-refractivity contribution in [3.8, 4) is 0 Å². The maximum atomic E-state index is 9.03. The zero-order valence-corrected chi connectivity index (χ0v) is 7.27. The maximum Gasteiger partial charge on any atom is 0.122 e. The SMILES string of the molecule is CCC(CO)n1ccnc1CN. The molecule has 1 aromatic rings. The third kappa shape index (κ3) is 1.65. The number of hydrogen-bond acceptors (Lipinski definition) is 3. The number of aliphatic hydroxyl groups excluding tert-OH is 1. The van der Waals surface area contributed by atoms with Crippen LogP contribution in [0.3, 0.4) is 0 Å². The number of hydrogen-bond donors (Lipinski definition) is 2. The van der Waals surface area contributed by atoms with Crippen LogP contribution in [0.1, 0.15) is 25.2 Å². The van der Waals surface area contributed by atoms with Gasteiger partial charge >= 0.3 is 0 Å². The van der Waals surface area contributed by atoms with Crippen molar-refractivity contribution >= 4 is 0 Å². The highest BCUT2D eigenvalue weighted by Gasteiger charge is 2.09. The van der Waals surface area contributed by atoms with E-state index in [2.05, 4.69) is 4.98 Å². The molecule has 12 heavy (non-hydrogen) atoms. The molecule has 0 spiro atoms. The zero-order valence-electron chi connectivity index (χ0n) is 7.27. The Labute approximate surface area is 72.0 Å². The molecule has 1 heterocycles. The molecule has 0 aliphatic carbocycles. The molecule has 0 fully saturated rings. The standard InChI is InChI=1S/C8H15N3O/c1-2-7(6-12)11-4-3-10-8(11)5-9/h3-4,7,12H,2,5-6,9H2,1H3. The lowest BCUT2D eigenvalue weighted by Crippen LogP contribution is -2.16. The van der Waals surface area contributed by atoms with E-state index in [0.29, 0.717) is 6.54 Å². The minimum atomic E-state index is 0.117. The fraction of sp³-hybridized carbons (Fsp3) is 0.625. The first-order chi connectivity index (χ1) is 5.83. The van der Waals surface area contributed by atoms with Gasteiger partial charge in [0.05, 0.1) is 19.2 Å². The number of nitrogens with two attached hydrogens (primary N) is 1. The molecule has 0 bridgehead atoms. The molecular weight excluding hydrogens is 154 g/mol.